The zero-order valence-electron chi connectivity index (χ0n) is 19.3. The maximum absolute atomic E-state index is 13.6. The molecular weight excluding hydrogens is 389 g/mol. The first-order valence-corrected chi connectivity index (χ1v) is 11.8. The predicted molar refractivity (Wildman–Crippen MR) is 120 cm³/mol. The number of amides is 1. The van der Waals surface area contributed by atoms with Gasteiger partial charge in [-0.3, -0.25) is 4.79 Å². The van der Waals surface area contributed by atoms with Crippen molar-refractivity contribution in [3.63, 3.8) is 0 Å². The van der Waals surface area contributed by atoms with Crippen LogP contribution in [-0.4, -0.2) is 21.7 Å². The molecule has 3 aliphatic carbocycles. The molecule has 5 atom stereocenters. The molecule has 1 aromatic heterocycles. The van der Waals surface area contributed by atoms with E-state index in [1.54, 1.807) is 12.1 Å². The Bertz CT molecular complexity index is 1020. The quantitative estimate of drug-likeness (QED) is 0.694. The van der Waals surface area contributed by atoms with Crippen LogP contribution in [-0.2, 0) is 6.42 Å². The summed E-state index contributed by atoms with van der Waals surface area (Å²) in [5, 5.41) is 8.27. The lowest BCUT2D eigenvalue weighted by Gasteiger charge is -2.46. The number of halogens is 1. The van der Waals surface area contributed by atoms with Crippen LogP contribution in [0.4, 0.5) is 4.39 Å². The standard InChI is InChI=1S/C26H34FN3O/c1-15-7-6-8-20-21(29-30(22(15)20)19-11-9-18(27)10-12-19)23(31)28-24-25(3,4)17-13-16(2)26(24,5)14-17/h9-12,15-17,24H,6-8,13-14H2,1-5H3,(H,28,31). The largest absolute Gasteiger partial charge is 0.347 e. The topological polar surface area (TPSA) is 46.9 Å². The molecule has 166 valence electrons. The third-order valence-corrected chi connectivity index (χ3v) is 9.02. The summed E-state index contributed by atoms with van der Waals surface area (Å²) in [6, 6.07) is 6.54. The summed E-state index contributed by atoms with van der Waals surface area (Å²) in [5.74, 6) is 1.27. The van der Waals surface area contributed by atoms with Crippen molar-refractivity contribution in [2.75, 3.05) is 0 Å². The van der Waals surface area contributed by atoms with Gasteiger partial charge in [0, 0.05) is 11.6 Å². The Morgan fingerprint density at radius 1 is 1.19 bits per heavy atom. The molecule has 1 heterocycles. The highest BCUT2D eigenvalue weighted by atomic mass is 19.1. The number of carbonyl (C=O) groups excluding carboxylic acids is 1. The van der Waals surface area contributed by atoms with Gasteiger partial charge in [-0.25, -0.2) is 9.07 Å². The fourth-order valence-corrected chi connectivity index (χ4v) is 7.02. The van der Waals surface area contributed by atoms with Gasteiger partial charge in [0.1, 0.15) is 5.82 Å². The molecule has 5 heteroatoms. The van der Waals surface area contributed by atoms with Crippen molar-refractivity contribution < 1.29 is 9.18 Å². The summed E-state index contributed by atoms with van der Waals surface area (Å²) in [6.45, 7) is 11.5. The van der Waals surface area contributed by atoms with Crippen LogP contribution in [0.1, 0.15) is 88.0 Å². The Morgan fingerprint density at radius 2 is 1.90 bits per heavy atom. The minimum absolute atomic E-state index is 0.0507. The summed E-state index contributed by atoms with van der Waals surface area (Å²) < 4.78 is 15.4. The molecule has 0 saturated heterocycles. The van der Waals surface area contributed by atoms with Crippen molar-refractivity contribution in [3.05, 3.63) is 47.0 Å². The molecule has 1 N–H and O–H groups in total. The molecule has 5 unspecified atom stereocenters. The van der Waals surface area contributed by atoms with E-state index in [2.05, 4.69) is 39.9 Å². The normalized spacial score (nSPS) is 33.4. The van der Waals surface area contributed by atoms with Crippen LogP contribution in [0.3, 0.4) is 0 Å². The van der Waals surface area contributed by atoms with E-state index in [9.17, 15) is 9.18 Å². The highest BCUT2D eigenvalue weighted by Crippen LogP contribution is 2.64. The third-order valence-electron chi connectivity index (χ3n) is 9.02. The van der Waals surface area contributed by atoms with Gasteiger partial charge in [0.15, 0.2) is 5.69 Å². The van der Waals surface area contributed by atoms with Gasteiger partial charge in [0.2, 0.25) is 0 Å². The van der Waals surface area contributed by atoms with E-state index in [-0.39, 0.29) is 28.6 Å². The molecule has 0 spiro atoms. The first-order valence-electron chi connectivity index (χ1n) is 11.8. The Kier molecular flexibility index (Phi) is 4.62. The lowest BCUT2D eigenvalue weighted by atomic mass is 9.64. The number of benzene rings is 1. The molecule has 31 heavy (non-hydrogen) atoms. The number of carbonyl (C=O) groups is 1. The predicted octanol–water partition coefficient (Wildman–Crippen LogP) is 5.64. The van der Waals surface area contributed by atoms with E-state index in [0.29, 0.717) is 23.4 Å². The number of nitrogens with one attached hydrogen (secondary N) is 1. The van der Waals surface area contributed by atoms with Crippen molar-refractivity contribution >= 4 is 5.91 Å². The minimum atomic E-state index is -0.267. The molecule has 4 nitrogen and oxygen atoms in total. The van der Waals surface area contributed by atoms with Gasteiger partial charge in [-0.1, -0.05) is 34.6 Å². The van der Waals surface area contributed by atoms with Gasteiger partial charge >= 0.3 is 0 Å². The van der Waals surface area contributed by atoms with Gasteiger partial charge in [0.05, 0.1) is 11.4 Å². The molecule has 1 amide bonds. The Hall–Kier alpha value is -2.17. The minimum Gasteiger partial charge on any atom is -0.347 e. The van der Waals surface area contributed by atoms with Crippen molar-refractivity contribution in [2.24, 2.45) is 22.7 Å². The summed E-state index contributed by atoms with van der Waals surface area (Å²) in [5.41, 5.74) is 3.77. The van der Waals surface area contributed by atoms with E-state index < -0.39 is 0 Å². The molecule has 2 aromatic rings. The maximum Gasteiger partial charge on any atom is 0.272 e. The van der Waals surface area contributed by atoms with Crippen molar-refractivity contribution in [1.29, 1.82) is 0 Å². The fraction of sp³-hybridized carbons (Fsp3) is 0.615. The molecule has 2 bridgehead atoms. The molecule has 5 rings (SSSR count). The smallest absolute Gasteiger partial charge is 0.272 e. The van der Waals surface area contributed by atoms with Gasteiger partial charge in [-0.15, -0.1) is 0 Å². The lowest BCUT2D eigenvalue weighted by molar-refractivity contribution is 0.0543. The van der Waals surface area contributed by atoms with Crippen LogP contribution < -0.4 is 5.32 Å². The second-order valence-electron chi connectivity index (χ2n) is 11.2. The van der Waals surface area contributed by atoms with Crippen molar-refractivity contribution in [1.82, 2.24) is 15.1 Å². The van der Waals surface area contributed by atoms with E-state index in [1.807, 2.05) is 4.68 Å². The van der Waals surface area contributed by atoms with Gasteiger partial charge < -0.3 is 5.32 Å². The lowest BCUT2D eigenvalue weighted by Crippen LogP contribution is -2.54. The molecule has 3 aliphatic rings. The van der Waals surface area contributed by atoms with Crippen LogP contribution >= 0.6 is 0 Å². The van der Waals surface area contributed by atoms with Crippen molar-refractivity contribution in [3.8, 4) is 5.69 Å². The number of hydrogen-bond donors (Lipinski definition) is 1. The van der Waals surface area contributed by atoms with E-state index in [1.165, 1.54) is 25.0 Å². The Balaban J connectivity index is 1.53. The van der Waals surface area contributed by atoms with Crippen LogP contribution in [0.5, 0.6) is 0 Å². The SMILES string of the molecule is CC1CCCc2c(C(=O)NC3C(C)(C)C4CC(C)C3(C)C4)nn(-c3ccc(F)cc3)c21. The highest BCUT2D eigenvalue weighted by Gasteiger charge is 2.62. The van der Waals surface area contributed by atoms with Crippen LogP contribution in [0.2, 0.25) is 0 Å². The summed E-state index contributed by atoms with van der Waals surface area (Å²) in [4.78, 5) is 13.6. The number of fused-ring (bicyclic) bond motifs is 3. The maximum atomic E-state index is 13.6. The average Bonchev–Trinajstić information content (AvgIpc) is 3.31. The second-order valence-corrected chi connectivity index (χ2v) is 11.2. The number of hydrogen-bond acceptors (Lipinski definition) is 2. The number of aromatic nitrogens is 2. The number of rotatable bonds is 3. The van der Waals surface area contributed by atoms with Gasteiger partial charge in [-0.2, -0.15) is 5.10 Å². The first kappa shape index (κ1) is 20.7. The van der Waals surface area contributed by atoms with Crippen LogP contribution in [0, 0.1) is 28.5 Å². The van der Waals surface area contributed by atoms with E-state index in [4.69, 9.17) is 5.10 Å². The summed E-state index contributed by atoms with van der Waals surface area (Å²) in [7, 11) is 0. The highest BCUT2D eigenvalue weighted by molar-refractivity contribution is 5.94. The molecule has 0 aliphatic heterocycles. The zero-order valence-corrected chi connectivity index (χ0v) is 19.3. The average molecular weight is 424 g/mol. The summed E-state index contributed by atoms with van der Waals surface area (Å²) >= 11 is 0. The monoisotopic (exact) mass is 423 g/mol. The Morgan fingerprint density at radius 3 is 2.58 bits per heavy atom. The third kappa shape index (κ3) is 2.99. The zero-order chi connectivity index (χ0) is 22.1. The van der Waals surface area contributed by atoms with Gasteiger partial charge in [-0.05, 0) is 85.0 Å². The van der Waals surface area contributed by atoms with Crippen LogP contribution in [0.15, 0.2) is 24.3 Å². The summed E-state index contributed by atoms with van der Waals surface area (Å²) in [6.07, 6.45) is 5.45. The van der Waals surface area contributed by atoms with E-state index >= 15 is 0 Å². The molecule has 1 aromatic carbocycles. The van der Waals surface area contributed by atoms with E-state index in [0.717, 1.165) is 36.2 Å². The second kappa shape index (κ2) is 6.91. The fourth-order valence-electron chi connectivity index (χ4n) is 7.02. The number of nitrogens with zero attached hydrogens (tertiary/aromatic N) is 2. The van der Waals surface area contributed by atoms with Gasteiger partial charge in [0.25, 0.3) is 5.91 Å². The Labute approximate surface area is 184 Å². The van der Waals surface area contributed by atoms with Crippen LogP contribution in [0.25, 0.3) is 5.69 Å². The first-order chi connectivity index (χ1) is 14.6. The molecular formula is C26H34FN3O. The molecule has 0 radical (unpaired) electrons. The van der Waals surface area contributed by atoms with Crippen molar-refractivity contribution in [2.45, 2.75) is 78.7 Å². The molecule has 2 fully saturated rings. The molecule has 2 saturated carbocycles.